The van der Waals surface area contributed by atoms with Crippen LogP contribution in [-0.4, -0.2) is 10.2 Å². The number of nitrogens with one attached hydrogen (secondary N) is 1. The predicted molar refractivity (Wildman–Crippen MR) is 83.2 cm³/mol. The number of nitrogens with zero attached hydrogens (tertiary/aromatic N) is 2. The number of nitriles is 1. The maximum absolute atomic E-state index is 9.49. The lowest BCUT2D eigenvalue weighted by Crippen LogP contribution is -2.21. The van der Waals surface area contributed by atoms with E-state index in [2.05, 4.69) is 42.2 Å². The SMILES string of the molecule is Cc1[nH]nc2c1[C@@H](c1ccc(C(C)C)cc1)C(C#N)=C(N)O2. The van der Waals surface area contributed by atoms with Gasteiger partial charge >= 0.3 is 0 Å². The number of H-pyrrole nitrogens is 1. The quantitative estimate of drug-likeness (QED) is 0.891. The molecule has 1 aromatic heterocycles. The molecule has 0 radical (unpaired) electrons. The van der Waals surface area contributed by atoms with Crippen LogP contribution in [0.25, 0.3) is 0 Å². The van der Waals surface area contributed by atoms with Crippen LogP contribution in [0.5, 0.6) is 5.88 Å². The maximum atomic E-state index is 9.49. The van der Waals surface area contributed by atoms with Crippen molar-refractivity contribution in [3.05, 3.63) is 58.1 Å². The fourth-order valence-electron chi connectivity index (χ4n) is 2.81. The fourth-order valence-corrected chi connectivity index (χ4v) is 2.81. The molecule has 1 aliphatic rings. The molecule has 1 aromatic carbocycles. The van der Waals surface area contributed by atoms with Crippen molar-refractivity contribution >= 4 is 0 Å². The number of ether oxygens (including phenoxy) is 1. The van der Waals surface area contributed by atoms with Crippen molar-refractivity contribution in [3.63, 3.8) is 0 Å². The van der Waals surface area contributed by atoms with Crippen molar-refractivity contribution in [1.29, 1.82) is 5.26 Å². The zero-order valence-electron chi connectivity index (χ0n) is 12.8. The predicted octanol–water partition coefficient (Wildman–Crippen LogP) is 3.06. The molecule has 0 saturated carbocycles. The molecule has 2 aromatic rings. The first-order valence-corrected chi connectivity index (χ1v) is 7.25. The molecule has 5 nitrogen and oxygen atoms in total. The monoisotopic (exact) mass is 294 g/mol. The summed E-state index contributed by atoms with van der Waals surface area (Å²) < 4.78 is 5.46. The molecule has 0 unspecified atom stereocenters. The van der Waals surface area contributed by atoms with Gasteiger partial charge in [-0.1, -0.05) is 38.1 Å². The van der Waals surface area contributed by atoms with Gasteiger partial charge < -0.3 is 10.5 Å². The minimum Gasteiger partial charge on any atom is -0.420 e. The highest BCUT2D eigenvalue weighted by atomic mass is 16.5. The molecular weight excluding hydrogens is 276 g/mol. The Kier molecular flexibility index (Phi) is 3.38. The zero-order chi connectivity index (χ0) is 15.9. The van der Waals surface area contributed by atoms with E-state index in [1.807, 2.05) is 19.1 Å². The van der Waals surface area contributed by atoms with E-state index in [1.54, 1.807) is 0 Å². The molecule has 1 atom stereocenters. The Bertz CT molecular complexity index is 778. The van der Waals surface area contributed by atoms with Gasteiger partial charge in [-0.25, -0.2) is 0 Å². The molecule has 112 valence electrons. The van der Waals surface area contributed by atoms with Gasteiger partial charge in [0.15, 0.2) is 0 Å². The molecule has 0 saturated heterocycles. The van der Waals surface area contributed by atoms with Crippen LogP contribution in [0, 0.1) is 18.3 Å². The van der Waals surface area contributed by atoms with Gasteiger partial charge in [-0.05, 0) is 24.0 Å². The van der Waals surface area contributed by atoms with Gasteiger partial charge in [0.05, 0.1) is 5.92 Å². The van der Waals surface area contributed by atoms with E-state index in [0.29, 0.717) is 17.4 Å². The van der Waals surface area contributed by atoms with Gasteiger partial charge in [-0.3, -0.25) is 5.10 Å². The van der Waals surface area contributed by atoms with Crippen molar-refractivity contribution in [2.24, 2.45) is 5.73 Å². The number of nitrogens with two attached hydrogens (primary N) is 1. The van der Waals surface area contributed by atoms with Gasteiger partial charge in [0.1, 0.15) is 11.6 Å². The minimum atomic E-state index is -0.242. The average molecular weight is 294 g/mol. The highest BCUT2D eigenvalue weighted by Gasteiger charge is 2.34. The zero-order valence-corrected chi connectivity index (χ0v) is 12.8. The highest BCUT2D eigenvalue weighted by Crippen LogP contribution is 2.42. The number of aromatic amines is 1. The van der Waals surface area contributed by atoms with Crippen LogP contribution in [0.1, 0.15) is 48.1 Å². The van der Waals surface area contributed by atoms with E-state index in [1.165, 1.54) is 5.56 Å². The number of allylic oxidation sites excluding steroid dienone is 1. The van der Waals surface area contributed by atoms with E-state index in [9.17, 15) is 5.26 Å². The Balaban J connectivity index is 2.14. The van der Waals surface area contributed by atoms with Gasteiger partial charge in [0, 0.05) is 11.3 Å². The normalized spacial score (nSPS) is 17.1. The Morgan fingerprint density at radius 3 is 2.59 bits per heavy atom. The summed E-state index contributed by atoms with van der Waals surface area (Å²) in [6, 6.07) is 10.5. The number of hydrogen-bond donors (Lipinski definition) is 2. The topological polar surface area (TPSA) is 87.7 Å². The lowest BCUT2D eigenvalue weighted by molar-refractivity contribution is 0.379. The van der Waals surface area contributed by atoms with Crippen molar-refractivity contribution < 1.29 is 4.74 Å². The first-order valence-electron chi connectivity index (χ1n) is 7.25. The third-order valence-electron chi connectivity index (χ3n) is 4.07. The van der Waals surface area contributed by atoms with E-state index in [4.69, 9.17) is 10.5 Å². The minimum absolute atomic E-state index is 0.124. The number of hydrogen-bond acceptors (Lipinski definition) is 4. The summed E-state index contributed by atoms with van der Waals surface area (Å²) in [7, 11) is 0. The Morgan fingerprint density at radius 2 is 2.00 bits per heavy atom. The van der Waals surface area contributed by atoms with Crippen LogP contribution >= 0.6 is 0 Å². The van der Waals surface area contributed by atoms with E-state index < -0.39 is 0 Å². The summed E-state index contributed by atoms with van der Waals surface area (Å²) >= 11 is 0. The van der Waals surface area contributed by atoms with Crippen LogP contribution in [0.3, 0.4) is 0 Å². The molecular formula is C17H18N4O. The van der Waals surface area contributed by atoms with E-state index >= 15 is 0 Å². The molecule has 0 amide bonds. The molecule has 3 rings (SSSR count). The number of benzene rings is 1. The lowest BCUT2D eigenvalue weighted by atomic mass is 9.83. The lowest BCUT2D eigenvalue weighted by Gasteiger charge is -2.23. The molecule has 0 fully saturated rings. The van der Waals surface area contributed by atoms with Crippen LogP contribution in [0.2, 0.25) is 0 Å². The first-order chi connectivity index (χ1) is 10.5. The van der Waals surface area contributed by atoms with Gasteiger partial charge in [-0.15, -0.1) is 5.10 Å². The highest BCUT2D eigenvalue weighted by molar-refractivity contribution is 5.55. The number of aryl methyl sites for hydroxylation is 1. The molecule has 0 spiro atoms. The molecule has 5 heteroatoms. The van der Waals surface area contributed by atoms with Crippen LogP contribution in [0.4, 0.5) is 0 Å². The Labute approximate surface area is 129 Å². The summed E-state index contributed by atoms with van der Waals surface area (Å²) in [6.45, 7) is 6.22. The van der Waals surface area contributed by atoms with Crippen molar-refractivity contribution in [2.75, 3.05) is 0 Å². The molecule has 0 bridgehead atoms. The second-order valence-electron chi connectivity index (χ2n) is 5.81. The summed E-state index contributed by atoms with van der Waals surface area (Å²) in [5.74, 6) is 0.797. The third kappa shape index (κ3) is 2.13. The second-order valence-corrected chi connectivity index (χ2v) is 5.81. The molecule has 2 heterocycles. The summed E-state index contributed by atoms with van der Waals surface area (Å²) in [5, 5.41) is 16.5. The van der Waals surface area contributed by atoms with Crippen molar-refractivity contribution in [3.8, 4) is 11.9 Å². The van der Waals surface area contributed by atoms with Crippen molar-refractivity contribution in [1.82, 2.24) is 10.2 Å². The fraction of sp³-hybridized carbons (Fsp3) is 0.294. The van der Waals surface area contributed by atoms with E-state index in [0.717, 1.165) is 16.8 Å². The van der Waals surface area contributed by atoms with Crippen molar-refractivity contribution in [2.45, 2.75) is 32.6 Å². The molecule has 0 aliphatic carbocycles. The maximum Gasteiger partial charge on any atom is 0.244 e. The van der Waals surface area contributed by atoms with Gasteiger partial charge in [0.25, 0.3) is 0 Å². The van der Waals surface area contributed by atoms with Crippen LogP contribution in [-0.2, 0) is 0 Å². The Morgan fingerprint density at radius 1 is 1.32 bits per heavy atom. The Hall–Kier alpha value is -2.74. The summed E-state index contributed by atoms with van der Waals surface area (Å²) in [6.07, 6.45) is 0. The standard InChI is InChI=1S/C17H18N4O/c1-9(2)11-4-6-12(7-5-11)15-13(8-18)16(19)22-17-14(15)10(3)20-21-17/h4-7,9,15H,19H2,1-3H3,(H,20,21)/t15-/m0/s1. The smallest absolute Gasteiger partial charge is 0.244 e. The molecule has 3 N–H and O–H groups in total. The van der Waals surface area contributed by atoms with Crippen LogP contribution < -0.4 is 10.5 Å². The second kappa shape index (κ2) is 5.23. The molecule has 22 heavy (non-hydrogen) atoms. The summed E-state index contributed by atoms with van der Waals surface area (Å²) in [4.78, 5) is 0. The summed E-state index contributed by atoms with van der Waals surface area (Å²) in [5.41, 5.74) is 10.4. The number of aromatic nitrogens is 2. The van der Waals surface area contributed by atoms with Gasteiger partial charge in [-0.2, -0.15) is 5.26 Å². The molecule has 1 aliphatic heterocycles. The van der Waals surface area contributed by atoms with E-state index in [-0.39, 0.29) is 11.8 Å². The number of rotatable bonds is 2. The van der Waals surface area contributed by atoms with Gasteiger partial charge in [0.2, 0.25) is 11.8 Å². The largest absolute Gasteiger partial charge is 0.420 e. The first kappa shape index (κ1) is 14.2. The third-order valence-corrected chi connectivity index (χ3v) is 4.07. The van der Waals surface area contributed by atoms with Crippen LogP contribution in [0.15, 0.2) is 35.7 Å². The number of fused-ring (bicyclic) bond motifs is 1. The average Bonchev–Trinajstić information content (AvgIpc) is 2.87.